The van der Waals surface area contributed by atoms with Gasteiger partial charge in [-0.25, -0.2) is 0 Å². The van der Waals surface area contributed by atoms with Gasteiger partial charge in [0.2, 0.25) is 11.8 Å². The van der Waals surface area contributed by atoms with Crippen LogP contribution in [0.25, 0.3) is 22.6 Å². The molecule has 0 saturated carbocycles. The molecule has 0 N–H and O–H groups in total. The molecule has 0 spiro atoms. The van der Waals surface area contributed by atoms with E-state index in [1.165, 1.54) is 5.56 Å². The highest BCUT2D eigenvalue weighted by atomic mass is 16.4. The van der Waals surface area contributed by atoms with Crippen LogP contribution < -0.4 is 4.90 Å². The lowest BCUT2D eigenvalue weighted by molar-refractivity contribution is 0.503. The van der Waals surface area contributed by atoms with Crippen molar-refractivity contribution in [2.45, 2.75) is 6.54 Å². The van der Waals surface area contributed by atoms with E-state index in [0.717, 1.165) is 16.8 Å². The molecular weight excluding hydrogens is 322 g/mol. The number of para-hydroxylation sites is 1. The minimum absolute atomic E-state index is 0.543. The standard InChI is InChI=1S/C22H19N3O/c1-25(20-10-6-3-7-11-20)16-21-23-24-22(26-21)19-14-12-18(13-15-19)17-8-4-2-5-9-17/h2-15H,16H2,1H3. The second kappa shape index (κ2) is 7.23. The number of nitrogens with zero attached hydrogens (tertiary/aromatic N) is 3. The average molecular weight is 341 g/mol. The quantitative estimate of drug-likeness (QED) is 0.510. The number of hydrogen-bond donors (Lipinski definition) is 0. The molecule has 4 nitrogen and oxygen atoms in total. The van der Waals surface area contributed by atoms with Gasteiger partial charge in [-0.3, -0.25) is 0 Å². The van der Waals surface area contributed by atoms with Crippen LogP contribution in [0.2, 0.25) is 0 Å². The van der Waals surface area contributed by atoms with Gasteiger partial charge in [0, 0.05) is 18.3 Å². The van der Waals surface area contributed by atoms with Crippen LogP contribution in [0.5, 0.6) is 0 Å². The molecule has 4 aromatic rings. The molecule has 3 aromatic carbocycles. The molecule has 26 heavy (non-hydrogen) atoms. The van der Waals surface area contributed by atoms with Crippen LogP contribution in [0, 0.1) is 0 Å². The number of hydrogen-bond acceptors (Lipinski definition) is 4. The Balaban J connectivity index is 1.49. The van der Waals surface area contributed by atoms with Crippen molar-refractivity contribution >= 4 is 5.69 Å². The van der Waals surface area contributed by atoms with E-state index in [-0.39, 0.29) is 0 Å². The van der Waals surface area contributed by atoms with E-state index in [2.05, 4.69) is 51.5 Å². The average Bonchev–Trinajstić information content (AvgIpc) is 3.18. The van der Waals surface area contributed by atoms with Crippen molar-refractivity contribution in [1.82, 2.24) is 10.2 Å². The molecule has 0 atom stereocenters. The summed E-state index contributed by atoms with van der Waals surface area (Å²) in [6, 6.07) is 28.6. The fourth-order valence-corrected chi connectivity index (χ4v) is 2.85. The van der Waals surface area contributed by atoms with E-state index in [9.17, 15) is 0 Å². The van der Waals surface area contributed by atoms with Crippen LogP contribution in [0.4, 0.5) is 5.69 Å². The van der Waals surface area contributed by atoms with Gasteiger partial charge in [0.1, 0.15) is 0 Å². The lowest BCUT2D eigenvalue weighted by atomic mass is 10.0. The minimum atomic E-state index is 0.543. The molecule has 0 amide bonds. The summed E-state index contributed by atoms with van der Waals surface area (Å²) in [7, 11) is 2.01. The molecule has 1 heterocycles. The number of benzene rings is 3. The first-order valence-electron chi connectivity index (χ1n) is 8.54. The summed E-state index contributed by atoms with van der Waals surface area (Å²) in [5, 5.41) is 8.37. The molecule has 0 aliphatic heterocycles. The number of rotatable bonds is 5. The SMILES string of the molecule is CN(Cc1nnc(-c2ccc(-c3ccccc3)cc2)o1)c1ccccc1. The lowest BCUT2D eigenvalue weighted by Gasteiger charge is -2.16. The predicted octanol–water partition coefficient (Wildman–Crippen LogP) is 5.04. The Hall–Kier alpha value is -3.40. The van der Waals surface area contributed by atoms with Crippen LogP contribution in [-0.2, 0) is 6.54 Å². The third-order valence-electron chi connectivity index (χ3n) is 4.28. The molecule has 1 aromatic heterocycles. The predicted molar refractivity (Wildman–Crippen MR) is 104 cm³/mol. The summed E-state index contributed by atoms with van der Waals surface area (Å²) in [5.74, 6) is 1.14. The van der Waals surface area contributed by atoms with Crippen molar-refractivity contribution in [2.75, 3.05) is 11.9 Å². The lowest BCUT2D eigenvalue weighted by Crippen LogP contribution is -2.16. The Bertz CT molecular complexity index is 963. The van der Waals surface area contributed by atoms with Crippen LogP contribution >= 0.6 is 0 Å². The van der Waals surface area contributed by atoms with Crippen LogP contribution in [0.15, 0.2) is 89.3 Å². The topological polar surface area (TPSA) is 42.2 Å². The third kappa shape index (κ3) is 3.49. The Kier molecular flexibility index (Phi) is 4.48. The van der Waals surface area contributed by atoms with Gasteiger partial charge in [0.15, 0.2) is 0 Å². The minimum Gasteiger partial charge on any atom is -0.419 e. The second-order valence-corrected chi connectivity index (χ2v) is 6.14. The first-order valence-corrected chi connectivity index (χ1v) is 8.54. The maximum absolute atomic E-state index is 5.84. The second-order valence-electron chi connectivity index (χ2n) is 6.14. The maximum atomic E-state index is 5.84. The van der Waals surface area contributed by atoms with Gasteiger partial charge in [0.25, 0.3) is 0 Å². The summed E-state index contributed by atoms with van der Waals surface area (Å²) in [5.41, 5.74) is 4.39. The first-order chi connectivity index (χ1) is 12.8. The van der Waals surface area contributed by atoms with Gasteiger partial charge >= 0.3 is 0 Å². The van der Waals surface area contributed by atoms with Gasteiger partial charge in [-0.1, -0.05) is 60.7 Å². The van der Waals surface area contributed by atoms with Crippen molar-refractivity contribution < 1.29 is 4.42 Å². The number of anilines is 1. The van der Waals surface area contributed by atoms with Crippen LogP contribution in [0.1, 0.15) is 5.89 Å². The summed E-state index contributed by atoms with van der Waals surface area (Å²) in [6.45, 7) is 0.569. The summed E-state index contributed by atoms with van der Waals surface area (Å²) >= 11 is 0. The molecule has 0 bridgehead atoms. The summed E-state index contributed by atoms with van der Waals surface area (Å²) < 4.78 is 5.84. The van der Waals surface area contributed by atoms with Crippen molar-refractivity contribution in [3.05, 3.63) is 90.8 Å². The fraction of sp³-hybridized carbons (Fsp3) is 0.0909. The van der Waals surface area contributed by atoms with Gasteiger partial charge in [-0.05, 0) is 35.4 Å². The summed E-state index contributed by atoms with van der Waals surface area (Å²) in [6.07, 6.45) is 0. The zero-order chi connectivity index (χ0) is 17.8. The molecule has 0 fully saturated rings. The van der Waals surface area contributed by atoms with Crippen molar-refractivity contribution in [3.8, 4) is 22.6 Å². The zero-order valence-electron chi connectivity index (χ0n) is 14.5. The molecule has 4 rings (SSSR count). The Labute approximate surface area is 152 Å². The van der Waals surface area contributed by atoms with Gasteiger partial charge < -0.3 is 9.32 Å². The highest BCUT2D eigenvalue weighted by Gasteiger charge is 2.11. The molecule has 0 saturated heterocycles. The largest absolute Gasteiger partial charge is 0.419 e. The fourth-order valence-electron chi connectivity index (χ4n) is 2.85. The smallest absolute Gasteiger partial charge is 0.247 e. The number of aromatic nitrogens is 2. The van der Waals surface area contributed by atoms with Crippen LogP contribution in [0.3, 0.4) is 0 Å². The van der Waals surface area contributed by atoms with Gasteiger partial charge in [-0.15, -0.1) is 10.2 Å². The van der Waals surface area contributed by atoms with Crippen LogP contribution in [-0.4, -0.2) is 17.2 Å². The van der Waals surface area contributed by atoms with E-state index in [1.807, 2.05) is 55.6 Å². The van der Waals surface area contributed by atoms with E-state index in [0.29, 0.717) is 18.3 Å². The molecule has 0 radical (unpaired) electrons. The monoisotopic (exact) mass is 341 g/mol. The highest BCUT2D eigenvalue weighted by Crippen LogP contribution is 2.24. The van der Waals surface area contributed by atoms with Gasteiger partial charge in [0.05, 0.1) is 6.54 Å². The molecule has 0 aliphatic carbocycles. The Morgan fingerprint density at radius 3 is 1.96 bits per heavy atom. The third-order valence-corrected chi connectivity index (χ3v) is 4.28. The molecule has 4 heteroatoms. The highest BCUT2D eigenvalue weighted by molar-refractivity contribution is 5.67. The van der Waals surface area contributed by atoms with Crippen molar-refractivity contribution in [2.24, 2.45) is 0 Å². The molecule has 0 unspecified atom stereocenters. The van der Waals surface area contributed by atoms with E-state index in [4.69, 9.17) is 4.42 Å². The van der Waals surface area contributed by atoms with Crippen molar-refractivity contribution in [3.63, 3.8) is 0 Å². The van der Waals surface area contributed by atoms with E-state index in [1.54, 1.807) is 0 Å². The van der Waals surface area contributed by atoms with E-state index >= 15 is 0 Å². The Morgan fingerprint density at radius 1 is 0.692 bits per heavy atom. The Morgan fingerprint density at radius 2 is 1.27 bits per heavy atom. The molecule has 128 valence electrons. The van der Waals surface area contributed by atoms with Gasteiger partial charge in [-0.2, -0.15) is 0 Å². The molecular formula is C22H19N3O. The normalized spacial score (nSPS) is 10.7. The summed E-state index contributed by atoms with van der Waals surface area (Å²) in [4.78, 5) is 2.08. The van der Waals surface area contributed by atoms with Crippen molar-refractivity contribution in [1.29, 1.82) is 0 Å². The van der Waals surface area contributed by atoms with E-state index < -0.39 is 0 Å². The zero-order valence-corrected chi connectivity index (χ0v) is 14.5. The first kappa shape index (κ1) is 16.1. The maximum Gasteiger partial charge on any atom is 0.247 e. The molecule has 0 aliphatic rings.